The second kappa shape index (κ2) is 10.6. The summed E-state index contributed by atoms with van der Waals surface area (Å²) in [4.78, 5) is 20.5. The molecule has 2 unspecified atom stereocenters. The Hall–Kier alpha value is -2.12. The average molecular weight is 402 g/mol. The van der Waals surface area contributed by atoms with Gasteiger partial charge in [0.25, 0.3) is 0 Å². The lowest BCUT2D eigenvalue weighted by atomic mass is 9.95. The van der Waals surface area contributed by atoms with Crippen molar-refractivity contribution in [3.63, 3.8) is 0 Å². The van der Waals surface area contributed by atoms with Gasteiger partial charge in [0.2, 0.25) is 5.91 Å². The second-order valence-electron chi connectivity index (χ2n) is 8.23. The number of amides is 1. The Balaban J connectivity index is 1.53. The minimum Gasteiger partial charge on any atom is -0.390 e. The Morgan fingerprint density at radius 3 is 2.90 bits per heavy atom. The number of benzene rings is 1. The Labute approximate surface area is 174 Å². The van der Waals surface area contributed by atoms with Crippen molar-refractivity contribution in [3.05, 3.63) is 35.4 Å². The molecule has 1 amide bonds. The Morgan fingerprint density at radius 2 is 2.14 bits per heavy atom. The number of β-amino-alcohol motifs (C(OH)–C–C–N with tert-alkyl or cyclic N) is 1. The molecule has 3 rings (SSSR count). The quantitative estimate of drug-likeness (QED) is 0.467. The zero-order valence-electron chi connectivity index (χ0n) is 17.5. The number of hydrogen-bond donors (Lipinski definition) is 3. The number of nitrogens with zero attached hydrogens (tertiary/aromatic N) is 3. The van der Waals surface area contributed by atoms with Gasteiger partial charge in [0, 0.05) is 45.7 Å². The highest BCUT2D eigenvalue weighted by Crippen LogP contribution is 2.20. The van der Waals surface area contributed by atoms with Crippen LogP contribution < -0.4 is 11.1 Å². The van der Waals surface area contributed by atoms with Crippen LogP contribution >= 0.6 is 0 Å². The molecule has 0 bridgehead atoms. The number of primary amides is 1. The van der Waals surface area contributed by atoms with E-state index in [1.54, 1.807) is 0 Å². The molecule has 29 heavy (non-hydrogen) atoms. The molecular weight excluding hydrogens is 366 g/mol. The van der Waals surface area contributed by atoms with E-state index in [0.717, 1.165) is 57.9 Å². The fourth-order valence-corrected chi connectivity index (χ4v) is 4.39. The monoisotopic (exact) mass is 401 g/mol. The van der Waals surface area contributed by atoms with E-state index in [1.165, 1.54) is 11.1 Å². The minimum atomic E-state index is -0.500. The molecule has 2 aliphatic heterocycles. The minimum absolute atomic E-state index is 0.239. The molecule has 2 heterocycles. The summed E-state index contributed by atoms with van der Waals surface area (Å²) in [7, 11) is 0. The van der Waals surface area contributed by atoms with E-state index in [-0.39, 0.29) is 11.8 Å². The van der Waals surface area contributed by atoms with Gasteiger partial charge in [0.1, 0.15) is 0 Å². The first kappa shape index (κ1) is 21.6. The van der Waals surface area contributed by atoms with Gasteiger partial charge in [0.05, 0.1) is 12.6 Å². The highest BCUT2D eigenvalue weighted by atomic mass is 16.3. The standard InChI is InChI=1S/C22H35N5O2/c1-2-24-22(27-10-5-6-17(14-27)12-21(23)29)25-13-20(28)16-26-11-9-18-7-3-4-8-19(18)15-26/h3-4,7-8,17,20,28H,2,5-6,9-16H2,1H3,(H2,23,29)(H,24,25). The number of aliphatic hydroxyl groups is 1. The van der Waals surface area contributed by atoms with Crippen LogP contribution in [0.5, 0.6) is 0 Å². The van der Waals surface area contributed by atoms with Gasteiger partial charge in [-0.25, -0.2) is 0 Å². The fraction of sp³-hybridized carbons (Fsp3) is 0.636. The molecule has 2 aliphatic rings. The molecule has 1 fully saturated rings. The first-order chi connectivity index (χ1) is 14.0. The summed E-state index contributed by atoms with van der Waals surface area (Å²) in [5, 5.41) is 13.9. The third-order valence-electron chi connectivity index (χ3n) is 5.77. The molecule has 0 aromatic heterocycles. The van der Waals surface area contributed by atoms with Crippen LogP contribution in [0.1, 0.15) is 37.3 Å². The molecule has 2 atom stereocenters. The summed E-state index contributed by atoms with van der Waals surface area (Å²) in [6.45, 7) is 7.38. The van der Waals surface area contributed by atoms with Gasteiger partial charge in [-0.2, -0.15) is 0 Å². The van der Waals surface area contributed by atoms with E-state index >= 15 is 0 Å². The van der Waals surface area contributed by atoms with Crippen LogP contribution in [0.2, 0.25) is 0 Å². The van der Waals surface area contributed by atoms with E-state index < -0.39 is 6.10 Å². The van der Waals surface area contributed by atoms with E-state index in [1.807, 2.05) is 6.92 Å². The van der Waals surface area contributed by atoms with Crippen LogP contribution in [0, 0.1) is 5.92 Å². The molecule has 160 valence electrons. The molecule has 1 aromatic rings. The van der Waals surface area contributed by atoms with Crippen molar-refractivity contribution in [2.75, 3.05) is 39.3 Å². The number of carbonyl (C=O) groups excluding carboxylic acids is 1. The topological polar surface area (TPSA) is 94.2 Å². The lowest BCUT2D eigenvalue weighted by Gasteiger charge is -2.35. The number of guanidine groups is 1. The van der Waals surface area contributed by atoms with Crippen LogP contribution in [0.3, 0.4) is 0 Å². The van der Waals surface area contributed by atoms with Crippen molar-refractivity contribution >= 4 is 11.9 Å². The molecule has 4 N–H and O–H groups in total. The van der Waals surface area contributed by atoms with Crippen LogP contribution in [0.25, 0.3) is 0 Å². The number of aliphatic imine (C=N–C) groups is 1. The molecule has 0 aliphatic carbocycles. The highest BCUT2D eigenvalue weighted by molar-refractivity contribution is 5.80. The number of rotatable bonds is 7. The van der Waals surface area contributed by atoms with Crippen molar-refractivity contribution in [1.29, 1.82) is 0 Å². The molecular formula is C22H35N5O2. The number of fused-ring (bicyclic) bond motifs is 1. The number of aliphatic hydroxyl groups excluding tert-OH is 1. The molecule has 7 nitrogen and oxygen atoms in total. The number of carbonyl (C=O) groups is 1. The number of hydrogen-bond acceptors (Lipinski definition) is 4. The van der Waals surface area contributed by atoms with Gasteiger partial charge >= 0.3 is 0 Å². The lowest BCUT2D eigenvalue weighted by Crippen LogP contribution is -2.47. The van der Waals surface area contributed by atoms with E-state index in [4.69, 9.17) is 10.7 Å². The zero-order valence-corrected chi connectivity index (χ0v) is 17.5. The average Bonchev–Trinajstić information content (AvgIpc) is 2.70. The maximum absolute atomic E-state index is 11.3. The first-order valence-electron chi connectivity index (χ1n) is 10.8. The molecule has 1 aromatic carbocycles. The summed E-state index contributed by atoms with van der Waals surface area (Å²) in [5.41, 5.74) is 8.16. The fourth-order valence-electron chi connectivity index (χ4n) is 4.39. The van der Waals surface area contributed by atoms with E-state index in [2.05, 4.69) is 39.4 Å². The number of nitrogens with two attached hydrogens (primary N) is 1. The van der Waals surface area contributed by atoms with Crippen molar-refractivity contribution in [2.24, 2.45) is 16.6 Å². The normalized spacial score (nSPS) is 21.5. The van der Waals surface area contributed by atoms with Crippen molar-refractivity contribution in [3.8, 4) is 0 Å². The van der Waals surface area contributed by atoms with Crippen LogP contribution in [0.4, 0.5) is 0 Å². The number of piperidine rings is 1. The molecule has 0 spiro atoms. The van der Waals surface area contributed by atoms with Crippen LogP contribution in [-0.4, -0.2) is 72.1 Å². The summed E-state index contributed by atoms with van der Waals surface area (Å²) in [6, 6.07) is 8.54. The SMILES string of the molecule is CCNC(=NCC(O)CN1CCc2ccccc2C1)N1CCCC(CC(N)=O)C1. The van der Waals surface area contributed by atoms with Crippen molar-refractivity contribution < 1.29 is 9.90 Å². The van der Waals surface area contributed by atoms with Crippen LogP contribution in [-0.2, 0) is 17.8 Å². The Bertz CT molecular complexity index is 708. The van der Waals surface area contributed by atoms with Crippen molar-refractivity contribution in [2.45, 2.75) is 45.3 Å². The predicted octanol–water partition coefficient (Wildman–Crippen LogP) is 0.959. The van der Waals surface area contributed by atoms with E-state index in [0.29, 0.717) is 19.5 Å². The third-order valence-corrected chi connectivity index (χ3v) is 5.77. The third kappa shape index (κ3) is 6.44. The van der Waals surface area contributed by atoms with Gasteiger partial charge in [0.15, 0.2) is 5.96 Å². The van der Waals surface area contributed by atoms with Gasteiger partial charge in [-0.1, -0.05) is 24.3 Å². The Kier molecular flexibility index (Phi) is 7.89. The molecule has 0 saturated carbocycles. The summed E-state index contributed by atoms with van der Waals surface area (Å²) >= 11 is 0. The maximum Gasteiger partial charge on any atom is 0.217 e. The summed E-state index contributed by atoms with van der Waals surface area (Å²) < 4.78 is 0. The van der Waals surface area contributed by atoms with Crippen molar-refractivity contribution in [1.82, 2.24) is 15.1 Å². The molecule has 7 heteroatoms. The zero-order chi connectivity index (χ0) is 20.6. The number of nitrogens with one attached hydrogen (secondary N) is 1. The number of likely N-dealkylation sites (tertiary alicyclic amines) is 1. The van der Waals surface area contributed by atoms with Gasteiger partial charge < -0.3 is 21.1 Å². The Morgan fingerprint density at radius 1 is 1.34 bits per heavy atom. The van der Waals surface area contributed by atoms with Gasteiger partial charge in [-0.05, 0) is 43.2 Å². The smallest absolute Gasteiger partial charge is 0.217 e. The van der Waals surface area contributed by atoms with E-state index in [9.17, 15) is 9.90 Å². The van der Waals surface area contributed by atoms with Gasteiger partial charge in [-0.3, -0.25) is 14.7 Å². The second-order valence-corrected chi connectivity index (χ2v) is 8.23. The largest absolute Gasteiger partial charge is 0.390 e. The predicted molar refractivity (Wildman–Crippen MR) is 116 cm³/mol. The first-order valence-corrected chi connectivity index (χ1v) is 10.8. The molecule has 1 saturated heterocycles. The van der Waals surface area contributed by atoms with Gasteiger partial charge in [-0.15, -0.1) is 0 Å². The highest BCUT2D eigenvalue weighted by Gasteiger charge is 2.24. The summed E-state index contributed by atoms with van der Waals surface area (Å²) in [6.07, 6.45) is 3.01. The summed E-state index contributed by atoms with van der Waals surface area (Å²) in [5.74, 6) is 0.866. The van der Waals surface area contributed by atoms with Crippen LogP contribution in [0.15, 0.2) is 29.3 Å². The lowest BCUT2D eigenvalue weighted by molar-refractivity contribution is -0.119. The maximum atomic E-state index is 11.3. The molecule has 0 radical (unpaired) electrons.